The van der Waals surface area contributed by atoms with Crippen LogP contribution in [0.4, 0.5) is 0 Å². The van der Waals surface area contributed by atoms with Gasteiger partial charge in [0, 0.05) is 18.4 Å². The Labute approximate surface area is 475 Å². The first-order valence-electron chi connectivity index (χ1n) is 28.4. The smallest absolute Gasteiger partial charge is 0.397 e. The van der Waals surface area contributed by atoms with Crippen LogP contribution in [-0.4, -0.2) is 250 Å². The highest BCUT2D eigenvalue weighted by atomic mass is 32.3. The van der Waals surface area contributed by atoms with Crippen LogP contribution in [0.25, 0.3) is 0 Å². The molecule has 6 aliphatic heterocycles. The van der Waals surface area contributed by atoms with E-state index in [0.717, 1.165) is 18.4 Å². The molecule has 1 spiro atoms. The van der Waals surface area contributed by atoms with Gasteiger partial charge in [0.05, 0.1) is 43.5 Å². The van der Waals surface area contributed by atoms with Crippen molar-refractivity contribution >= 4 is 16.4 Å². The number of aliphatic hydroxyl groups excluding tert-OH is 10. The Bertz CT molecular complexity index is 2470. The molecule has 0 aromatic heterocycles. The SMILES string of the molecule is C=C(C)[C@H]1[C@@H]2C[C@@]3(C)C4=CC[C@H]5C(C)(C)[C@@H](O[C@@H]6OC[C@@H](OS(=O)(=O)O)[C@H](O)[C@H]6O[C@@H]6O[C@H](C)[C@@H](O[C@@H]7O[C@H](CO)[C@@H](O)[C@H](O[C@@H]8OC[C@@H](O)[C@H](OC)[C@H]8O)[C@H]7O)[C@H](O)[C@H]6O[C@@H]6O[C@H](C)[C@@H](O)[C@H](O)[C@H]6O)CC[C@]5(C)[C@@H]4CC[C@]13C(=O)O2. The van der Waals surface area contributed by atoms with Crippen molar-refractivity contribution in [2.75, 3.05) is 26.9 Å². The zero-order chi connectivity index (χ0) is 59.7. The minimum Gasteiger partial charge on any atom is -0.461 e. The number of hydrogen-bond donors (Lipinski definition) is 11. The highest BCUT2D eigenvalue weighted by molar-refractivity contribution is 7.80. The van der Waals surface area contributed by atoms with Gasteiger partial charge < -0.3 is 108 Å². The van der Waals surface area contributed by atoms with Gasteiger partial charge in [-0.2, -0.15) is 8.42 Å². The van der Waals surface area contributed by atoms with Gasteiger partial charge >= 0.3 is 16.4 Å². The topological polar surface area (TPSA) is 394 Å². The zero-order valence-electron chi connectivity index (χ0n) is 47.2. The van der Waals surface area contributed by atoms with Gasteiger partial charge in [-0.15, -0.1) is 0 Å². The third kappa shape index (κ3) is 10.5. The van der Waals surface area contributed by atoms with Gasteiger partial charge in [0.2, 0.25) is 0 Å². The molecule has 9 fully saturated rings. The van der Waals surface area contributed by atoms with Crippen LogP contribution in [0, 0.1) is 39.4 Å². The number of rotatable bonds is 15. The van der Waals surface area contributed by atoms with Crippen LogP contribution in [-0.2, 0) is 76.2 Å². The number of fused-ring (bicyclic) bond motifs is 5. The van der Waals surface area contributed by atoms with Gasteiger partial charge in [-0.05, 0) is 82.0 Å². The Balaban J connectivity index is 0.919. The summed E-state index contributed by atoms with van der Waals surface area (Å²) in [6.07, 6.45) is -33.6. The van der Waals surface area contributed by atoms with Crippen LogP contribution in [0.1, 0.15) is 87.0 Å². The fourth-order valence-corrected chi connectivity index (χ4v) is 16.8. The van der Waals surface area contributed by atoms with E-state index in [-0.39, 0.29) is 41.8 Å². The van der Waals surface area contributed by atoms with Gasteiger partial charge in [-0.1, -0.05) is 51.5 Å². The normalized spacial score (nSPS) is 52.9. The Morgan fingerprint density at radius 3 is 1.99 bits per heavy atom. The van der Waals surface area contributed by atoms with Crippen molar-refractivity contribution in [1.82, 2.24) is 0 Å². The Hall–Kier alpha value is -2.02. The lowest BCUT2D eigenvalue weighted by Crippen LogP contribution is -2.68. The fraction of sp³-hybridized carbons (Fsp3) is 0.907. The molecule has 6 saturated heterocycles. The first kappa shape index (κ1) is 63.0. The Morgan fingerprint density at radius 1 is 0.695 bits per heavy atom. The molecule has 82 heavy (non-hydrogen) atoms. The molecule has 4 aliphatic carbocycles. The molecule has 10 aliphatic rings. The van der Waals surface area contributed by atoms with Gasteiger partial charge in [0.1, 0.15) is 104 Å². The van der Waals surface area contributed by atoms with Crippen LogP contribution < -0.4 is 0 Å². The van der Waals surface area contributed by atoms with E-state index in [0.29, 0.717) is 25.7 Å². The maximum Gasteiger partial charge on any atom is 0.397 e. The minimum atomic E-state index is -5.24. The van der Waals surface area contributed by atoms with E-state index in [1.165, 1.54) is 26.5 Å². The molecule has 0 unspecified atom stereocenters. The maximum absolute atomic E-state index is 13.8. The summed E-state index contributed by atoms with van der Waals surface area (Å²) in [5.41, 5.74) is 0.247. The molecule has 0 amide bonds. The van der Waals surface area contributed by atoms with E-state index in [1.807, 2.05) is 6.92 Å². The fourth-order valence-electron chi connectivity index (χ4n) is 16.3. The lowest BCUT2D eigenvalue weighted by Gasteiger charge is -2.64. The van der Waals surface area contributed by atoms with E-state index in [1.54, 1.807) is 0 Å². The molecule has 3 saturated carbocycles. The molecule has 0 aromatic rings. The highest BCUT2D eigenvalue weighted by Gasteiger charge is 2.76. The summed E-state index contributed by atoms with van der Waals surface area (Å²) in [6, 6.07) is 0. The molecule has 11 N–H and O–H groups in total. The van der Waals surface area contributed by atoms with Crippen molar-refractivity contribution < 1.29 is 130 Å². The maximum atomic E-state index is 13.8. The molecule has 468 valence electrons. The molecule has 6 heterocycles. The average molecular weight is 1200 g/mol. The van der Waals surface area contributed by atoms with Crippen LogP contribution >= 0.6 is 0 Å². The summed E-state index contributed by atoms with van der Waals surface area (Å²) < 4.78 is 111. The molecule has 0 aromatic carbocycles. The van der Waals surface area contributed by atoms with E-state index in [2.05, 4.69) is 40.3 Å². The lowest BCUT2D eigenvalue weighted by molar-refractivity contribution is -0.404. The lowest BCUT2D eigenvalue weighted by atomic mass is 9.40. The number of hydrogen-bond acceptors (Lipinski definition) is 26. The van der Waals surface area contributed by atoms with Crippen molar-refractivity contribution in [2.45, 2.75) is 241 Å². The number of carbonyl (C=O) groups is 1. The van der Waals surface area contributed by atoms with E-state index in [9.17, 15) is 68.8 Å². The van der Waals surface area contributed by atoms with Crippen LogP contribution in [0.3, 0.4) is 0 Å². The minimum absolute atomic E-state index is 0.00958. The summed E-state index contributed by atoms with van der Waals surface area (Å²) in [5.74, 6) is -0.0696. The number of esters is 1. The predicted octanol–water partition coefficient (Wildman–Crippen LogP) is -2.02. The first-order chi connectivity index (χ1) is 38.4. The number of carbonyl (C=O) groups excluding carboxylic acids is 1. The molecule has 2 bridgehead atoms. The van der Waals surface area contributed by atoms with Crippen LogP contribution in [0.5, 0.6) is 0 Å². The first-order valence-corrected chi connectivity index (χ1v) is 29.8. The van der Waals surface area contributed by atoms with Gasteiger partial charge in [0.15, 0.2) is 31.5 Å². The summed E-state index contributed by atoms with van der Waals surface area (Å²) in [4.78, 5) is 13.8. The largest absolute Gasteiger partial charge is 0.461 e. The Kier molecular flexibility index (Phi) is 17.8. The third-order valence-corrected chi connectivity index (χ3v) is 21.0. The van der Waals surface area contributed by atoms with Crippen molar-refractivity contribution in [3.05, 3.63) is 23.8 Å². The summed E-state index contributed by atoms with van der Waals surface area (Å²) >= 11 is 0. The summed E-state index contributed by atoms with van der Waals surface area (Å²) in [6.45, 7) is 15.9. The summed E-state index contributed by atoms with van der Waals surface area (Å²) in [5, 5.41) is 112. The van der Waals surface area contributed by atoms with Crippen molar-refractivity contribution in [3.8, 4) is 0 Å². The molecule has 28 heteroatoms. The van der Waals surface area contributed by atoms with Crippen molar-refractivity contribution in [1.29, 1.82) is 0 Å². The predicted molar refractivity (Wildman–Crippen MR) is 273 cm³/mol. The molecule has 0 radical (unpaired) electrons. The van der Waals surface area contributed by atoms with Crippen LogP contribution in [0.15, 0.2) is 23.8 Å². The van der Waals surface area contributed by atoms with E-state index in [4.69, 9.17) is 61.0 Å². The number of ether oxygens (including phenoxy) is 12. The summed E-state index contributed by atoms with van der Waals surface area (Å²) in [7, 11) is -4.01. The monoisotopic (exact) mass is 1200 g/mol. The van der Waals surface area contributed by atoms with Crippen molar-refractivity contribution in [3.63, 3.8) is 0 Å². The standard InChI is InChI=1S/C54H84O27S/c1-20(2)31-26-16-53(8)24-10-11-29-51(5,6)30(13-14-52(29,7)23(24)12-15-54(31,53)50(65)75-26)76-48-43(34(59)28(19-71-48)81-82(66,67)68)80-49-44(79-46-36(61)35(60)32(57)21(3)72-46)37(62)40(22(4)73-49)77-47-39(64)42(33(58)27(17-55)74-47)78-45-38(63)41(69-9)25(56)18-70-45/h10,21-23,25-49,55-64H,1,11-19H2,2-9H3,(H,66,67,68)/t21-,22-,23-,25-,26+,27-,28-,29+,30+,31+,32-,33-,34+,35+,36-,37+,38-,39-,40-,41+,42+,43-,44-,45+,46+,47+,48+,49+,52-,53+,54-/m1/s1. The van der Waals surface area contributed by atoms with Gasteiger partial charge in [0.25, 0.3) is 0 Å². The molecule has 27 nitrogen and oxygen atoms in total. The number of aliphatic hydroxyl groups is 10. The van der Waals surface area contributed by atoms with Gasteiger partial charge in [-0.3, -0.25) is 9.35 Å². The number of methoxy groups -OCH3 is 1. The second-order valence-electron chi connectivity index (χ2n) is 25.5. The zero-order valence-corrected chi connectivity index (χ0v) is 48.0. The molecular formula is C54H84O27S. The van der Waals surface area contributed by atoms with Crippen LogP contribution in [0.2, 0.25) is 0 Å². The number of allylic oxidation sites excluding steroid dienone is 2. The quantitative estimate of drug-likeness (QED) is 0.0479. The average Bonchev–Trinajstić information content (AvgIpc) is 1.84. The van der Waals surface area contributed by atoms with Gasteiger partial charge in [-0.25, -0.2) is 4.18 Å². The highest BCUT2D eigenvalue weighted by Crippen LogP contribution is 2.76. The van der Waals surface area contributed by atoms with E-state index < -0.39 is 187 Å². The second-order valence-corrected chi connectivity index (χ2v) is 26.6. The third-order valence-electron chi connectivity index (χ3n) is 20.5. The molecular weight excluding hydrogens is 1110 g/mol. The second kappa shape index (κ2) is 23.2. The Morgan fingerprint density at radius 2 is 1.32 bits per heavy atom. The van der Waals surface area contributed by atoms with Crippen molar-refractivity contribution in [2.24, 2.45) is 39.4 Å². The van der Waals surface area contributed by atoms with E-state index >= 15 is 0 Å². The molecule has 10 rings (SSSR count). The molecule has 31 atom stereocenters.